The normalized spacial score (nSPS) is 13.2. The smallest absolute Gasteiger partial charge is 0.365 e. The minimum atomic E-state index is -0.979. The number of hydrogen-bond donors (Lipinski definition) is 2. The van der Waals surface area contributed by atoms with Gasteiger partial charge in [-0.1, -0.05) is 0 Å². The Morgan fingerprint density at radius 2 is 2.23 bits per heavy atom. The molecule has 4 nitrogen and oxygen atoms in total. The van der Waals surface area contributed by atoms with Crippen LogP contribution in [0.15, 0.2) is 12.4 Å². The Labute approximate surface area is 78.2 Å². The van der Waals surface area contributed by atoms with E-state index in [4.69, 9.17) is 5.11 Å². The van der Waals surface area contributed by atoms with Gasteiger partial charge in [0.05, 0.1) is 10.6 Å². The fraction of sp³-hybridized carbons (Fsp3) is 0. The van der Waals surface area contributed by atoms with E-state index in [0.717, 1.165) is 4.88 Å². The molecule has 0 spiro atoms. The Bertz CT molecular complexity index is 377. The first-order valence-corrected chi connectivity index (χ1v) is 4.42. The molecule has 0 aliphatic carbocycles. The maximum Gasteiger partial charge on any atom is 0.365 e. The van der Waals surface area contributed by atoms with Gasteiger partial charge < -0.3 is 10.4 Å². The Morgan fingerprint density at radius 3 is 3.00 bits per heavy atom. The second kappa shape index (κ2) is 3.02. The maximum absolute atomic E-state index is 10.6. The van der Waals surface area contributed by atoms with E-state index >= 15 is 0 Å². The van der Waals surface area contributed by atoms with Crippen LogP contribution in [-0.2, 0) is 0 Å². The summed E-state index contributed by atoms with van der Waals surface area (Å²) in [5.74, 6) is -0.979. The molecule has 0 bridgehead atoms. The number of carboxylic acids is 1. The number of carboxylic acid groups (broad SMARTS) is 1. The number of carbonyl (C=O) groups is 1. The monoisotopic (exact) mass is 194 g/mol. The standard InChI is InChI=1S/C8H6N2O2S/c11-8(12)7-10-5-1-3-9-4-2-6(5)13-7/h1-4,9H,(H,11,12). The highest BCUT2D eigenvalue weighted by atomic mass is 32.1. The summed E-state index contributed by atoms with van der Waals surface area (Å²) in [6.45, 7) is 0. The minimum Gasteiger partial charge on any atom is -0.476 e. The van der Waals surface area contributed by atoms with Crippen LogP contribution < -0.4 is 5.32 Å². The summed E-state index contributed by atoms with van der Waals surface area (Å²) in [7, 11) is 0. The summed E-state index contributed by atoms with van der Waals surface area (Å²) in [4.78, 5) is 15.4. The van der Waals surface area contributed by atoms with Crippen LogP contribution in [0, 0.1) is 0 Å². The molecule has 2 N–H and O–H groups in total. The Balaban J connectivity index is 2.50. The van der Waals surface area contributed by atoms with Crippen LogP contribution in [0.3, 0.4) is 0 Å². The molecule has 5 heteroatoms. The molecule has 0 saturated carbocycles. The third-order valence-electron chi connectivity index (χ3n) is 1.53. The average Bonchev–Trinajstić information content (AvgIpc) is 2.38. The summed E-state index contributed by atoms with van der Waals surface area (Å²) in [5.41, 5.74) is 0.698. The van der Waals surface area contributed by atoms with Gasteiger partial charge >= 0.3 is 5.97 Å². The zero-order valence-corrected chi connectivity index (χ0v) is 7.34. The van der Waals surface area contributed by atoms with E-state index in [-0.39, 0.29) is 5.01 Å². The third kappa shape index (κ3) is 1.46. The lowest BCUT2D eigenvalue weighted by molar-refractivity contribution is 0.0696. The van der Waals surface area contributed by atoms with Crippen molar-refractivity contribution in [1.29, 1.82) is 0 Å². The van der Waals surface area contributed by atoms with Crippen molar-refractivity contribution in [3.05, 3.63) is 28.0 Å². The van der Waals surface area contributed by atoms with Crippen molar-refractivity contribution < 1.29 is 9.90 Å². The van der Waals surface area contributed by atoms with E-state index in [2.05, 4.69) is 10.3 Å². The number of aromatic nitrogens is 1. The number of nitrogens with one attached hydrogen (secondary N) is 1. The van der Waals surface area contributed by atoms with Gasteiger partial charge in [-0.05, 0) is 12.2 Å². The lowest BCUT2D eigenvalue weighted by Crippen LogP contribution is -1.94. The molecule has 1 aliphatic rings. The first-order valence-electron chi connectivity index (χ1n) is 3.60. The van der Waals surface area contributed by atoms with Gasteiger partial charge in [-0.2, -0.15) is 0 Å². The van der Waals surface area contributed by atoms with Gasteiger partial charge in [0.1, 0.15) is 0 Å². The molecule has 0 aromatic carbocycles. The molecule has 0 unspecified atom stereocenters. The van der Waals surface area contributed by atoms with Gasteiger partial charge in [-0.3, -0.25) is 0 Å². The zero-order valence-electron chi connectivity index (χ0n) is 6.52. The van der Waals surface area contributed by atoms with Crippen molar-refractivity contribution in [3.63, 3.8) is 0 Å². The highest BCUT2D eigenvalue weighted by molar-refractivity contribution is 7.14. The van der Waals surface area contributed by atoms with E-state index < -0.39 is 5.97 Å². The number of fused-ring (bicyclic) bond motifs is 1. The molecular formula is C8H6N2O2S. The molecule has 0 fully saturated rings. The van der Waals surface area contributed by atoms with Gasteiger partial charge in [0.2, 0.25) is 5.01 Å². The van der Waals surface area contributed by atoms with Crippen LogP contribution in [-0.4, -0.2) is 16.1 Å². The molecule has 2 heterocycles. The van der Waals surface area contributed by atoms with E-state index in [1.165, 1.54) is 11.3 Å². The summed E-state index contributed by atoms with van der Waals surface area (Å²) in [6.07, 6.45) is 7.01. The van der Waals surface area contributed by atoms with Crippen LogP contribution in [0.2, 0.25) is 0 Å². The minimum absolute atomic E-state index is 0.126. The number of rotatable bonds is 1. The van der Waals surface area contributed by atoms with Crippen molar-refractivity contribution in [3.8, 4) is 0 Å². The lowest BCUT2D eigenvalue weighted by atomic mass is 10.3. The van der Waals surface area contributed by atoms with E-state index in [9.17, 15) is 4.79 Å². The molecule has 0 atom stereocenters. The van der Waals surface area contributed by atoms with Crippen molar-refractivity contribution in [2.45, 2.75) is 0 Å². The quantitative estimate of drug-likeness (QED) is 0.709. The van der Waals surface area contributed by atoms with Crippen LogP contribution in [0.5, 0.6) is 0 Å². The number of thiazole rings is 1. The van der Waals surface area contributed by atoms with Gasteiger partial charge in [-0.25, -0.2) is 9.78 Å². The zero-order chi connectivity index (χ0) is 9.26. The summed E-state index contributed by atoms with van der Waals surface area (Å²) < 4.78 is 0. The molecule has 2 rings (SSSR count). The number of nitrogens with zero attached hydrogens (tertiary/aromatic N) is 1. The Morgan fingerprint density at radius 1 is 1.46 bits per heavy atom. The fourth-order valence-corrected chi connectivity index (χ4v) is 1.77. The summed E-state index contributed by atoms with van der Waals surface area (Å²) >= 11 is 1.17. The fourth-order valence-electron chi connectivity index (χ4n) is 0.980. The first-order chi connectivity index (χ1) is 6.27. The van der Waals surface area contributed by atoms with Crippen molar-refractivity contribution in [1.82, 2.24) is 10.3 Å². The Hall–Kier alpha value is -1.62. The summed E-state index contributed by atoms with van der Waals surface area (Å²) in [6, 6.07) is 0. The predicted octanol–water partition coefficient (Wildman–Crippen LogP) is 1.39. The third-order valence-corrected chi connectivity index (χ3v) is 2.56. The van der Waals surface area contributed by atoms with Gasteiger partial charge in [0.15, 0.2) is 0 Å². The largest absolute Gasteiger partial charge is 0.476 e. The average molecular weight is 194 g/mol. The highest BCUT2D eigenvalue weighted by Gasteiger charge is 2.12. The van der Waals surface area contributed by atoms with E-state index in [1.54, 1.807) is 24.6 Å². The van der Waals surface area contributed by atoms with Crippen LogP contribution in [0.1, 0.15) is 20.4 Å². The molecule has 1 aromatic heterocycles. The molecule has 0 amide bonds. The van der Waals surface area contributed by atoms with E-state index in [0.29, 0.717) is 5.69 Å². The Kier molecular flexibility index (Phi) is 1.86. The molecule has 0 saturated heterocycles. The van der Waals surface area contributed by atoms with Crippen molar-refractivity contribution in [2.75, 3.05) is 0 Å². The second-order valence-corrected chi connectivity index (χ2v) is 3.44. The summed E-state index contributed by atoms with van der Waals surface area (Å²) in [5, 5.41) is 11.7. The molecule has 13 heavy (non-hydrogen) atoms. The number of hydrogen-bond acceptors (Lipinski definition) is 4. The van der Waals surface area contributed by atoms with Gasteiger partial charge in [0.25, 0.3) is 0 Å². The topological polar surface area (TPSA) is 62.2 Å². The van der Waals surface area contributed by atoms with E-state index in [1.807, 2.05) is 0 Å². The number of aromatic carboxylic acids is 1. The van der Waals surface area contributed by atoms with Crippen LogP contribution in [0.4, 0.5) is 0 Å². The second-order valence-electron chi connectivity index (χ2n) is 2.41. The van der Waals surface area contributed by atoms with Crippen LogP contribution >= 0.6 is 11.3 Å². The SMILES string of the molecule is O=C(O)c1nc2c(s1)C=CNC=C2. The molecule has 66 valence electrons. The highest BCUT2D eigenvalue weighted by Crippen LogP contribution is 2.22. The van der Waals surface area contributed by atoms with Crippen LogP contribution in [0.25, 0.3) is 12.2 Å². The van der Waals surface area contributed by atoms with Crippen molar-refractivity contribution in [2.24, 2.45) is 0 Å². The van der Waals surface area contributed by atoms with Gasteiger partial charge in [0, 0.05) is 12.4 Å². The molecule has 1 aromatic rings. The lowest BCUT2D eigenvalue weighted by Gasteiger charge is -1.83. The first kappa shape index (κ1) is 8.00. The molecular weight excluding hydrogens is 188 g/mol. The molecule has 0 radical (unpaired) electrons. The molecule has 1 aliphatic heterocycles. The van der Waals surface area contributed by atoms with Gasteiger partial charge in [-0.15, -0.1) is 11.3 Å². The predicted molar refractivity (Wildman–Crippen MR) is 50.3 cm³/mol. The van der Waals surface area contributed by atoms with Crippen molar-refractivity contribution >= 4 is 29.5 Å². The maximum atomic E-state index is 10.6.